The molecular formula is C29H43N3O3. The Bertz CT molecular complexity index is 984. The average molecular weight is 482 g/mol. The van der Waals surface area contributed by atoms with Crippen molar-refractivity contribution in [3.63, 3.8) is 0 Å². The second-order valence-corrected chi connectivity index (χ2v) is 13.2. The molecule has 6 heteroatoms. The Morgan fingerprint density at radius 3 is 2.57 bits per heavy atom. The number of Topliss-reactive ketones (excluding diaryl/α,β-unsaturated/α-hetero) is 1. The number of rotatable bonds is 3. The van der Waals surface area contributed by atoms with Crippen molar-refractivity contribution in [3.05, 3.63) is 11.9 Å². The third-order valence-corrected chi connectivity index (χ3v) is 11.7. The molecule has 5 aliphatic carbocycles. The summed E-state index contributed by atoms with van der Waals surface area (Å²) in [5, 5.41) is 9.37. The van der Waals surface area contributed by atoms with Crippen LogP contribution in [-0.4, -0.2) is 32.9 Å². The molecule has 0 aromatic carbocycles. The van der Waals surface area contributed by atoms with E-state index in [0.717, 1.165) is 44.2 Å². The van der Waals surface area contributed by atoms with E-state index < -0.39 is 0 Å². The number of aromatic nitrogens is 3. The number of hydrogen-bond donors (Lipinski definition) is 0. The fourth-order valence-corrected chi connectivity index (χ4v) is 9.86. The first-order chi connectivity index (χ1) is 16.8. The van der Waals surface area contributed by atoms with Crippen molar-refractivity contribution >= 4 is 11.8 Å². The summed E-state index contributed by atoms with van der Waals surface area (Å²) in [5.41, 5.74) is 1.30. The van der Waals surface area contributed by atoms with Crippen LogP contribution in [0.15, 0.2) is 6.20 Å². The van der Waals surface area contributed by atoms with Gasteiger partial charge in [-0.2, -0.15) is 0 Å². The van der Waals surface area contributed by atoms with Crippen LogP contribution in [0.4, 0.5) is 0 Å². The van der Waals surface area contributed by atoms with Crippen LogP contribution in [0, 0.1) is 34.5 Å². The first-order valence-corrected chi connectivity index (χ1v) is 14.4. The van der Waals surface area contributed by atoms with Crippen LogP contribution in [-0.2, 0) is 14.3 Å². The molecule has 5 fully saturated rings. The van der Waals surface area contributed by atoms with Crippen LogP contribution in [0.2, 0.25) is 0 Å². The predicted molar refractivity (Wildman–Crippen MR) is 133 cm³/mol. The Labute approximate surface area is 209 Å². The summed E-state index contributed by atoms with van der Waals surface area (Å²) in [6, 6.07) is 0.112. The van der Waals surface area contributed by atoms with Gasteiger partial charge in [0.2, 0.25) is 0 Å². The number of ether oxygens (including phenoxy) is 1. The SMILES string of the molecule is CC(=O)O[C@H]1CC[C@H]2[C@@H]3CC[C@H]4CC(=O)C[C@H](n5cc(C6CCCCC6)nn5)[C@]4(C)[C@H]3CC[C@]12C. The molecule has 0 N–H and O–H groups in total. The minimum atomic E-state index is -0.138. The molecule has 0 saturated heterocycles. The van der Waals surface area contributed by atoms with Gasteiger partial charge in [0.25, 0.3) is 0 Å². The molecule has 35 heavy (non-hydrogen) atoms. The average Bonchev–Trinajstić information content (AvgIpc) is 3.45. The van der Waals surface area contributed by atoms with Gasteiger partial charge in [-0.25, -0.2) is 4.68 Å². The molecule has 0 aliphatic heterocycles. The highest BCUT2D eigenvalue weighted by atomic mass is 16.5. The zero-order valence-electron chi connectivity index (χ0n) is 21.9. The normalized spacial score (nSPS) is 43.8. The van der Waals surface area contributed by atoms with Crippen LogP contribution in [0.1, 0.15) is 122 Å². The van der Waals surface area contributed by atoms with Gasteiger partial charge in [0, 0.05) is 37.3 Å². The summed E-state index contributed by atoms with van der Waals surface area (Å²) < 4.78 is 7.98. The minimum Gasteiger partial charge on any atom is -0.462 e. The summed E-state index contributed by atoms with van der Waals surface area (Å²) in [4.78, 5) is 24.8. The van der Waals surface area contributed by atoms with Crippen LogP contribution in [0.25, 0.3) is 0 Å². The molecule has 6 rings (SSSR count). The van der Waals surface area contributed by atoms with Crippen molar-refractivity contribution < 1.29 is 14.3 Å². The summed E-state index contributed by atoms with van der Waals surface area (Å²) in [6.45, 7) is 6.44. The molecule has 5 aliphatic rings. The fourth-order valence-electron chi connectivity index (χ4n) is 9.86. The summed E-state index contributed by atoms with van der Waals surface area (Å²) in [5.74, 6) is 3.08. The minimum absolute atomic E-state index is 0.0635. The zero-order valence-corrected chi connectivity index (χ0v) is 21.9. The highest BCUT2D eigenvalue weighted by Gasteiger charge is 2.63. The molecule has 0 bridgehead atoms. The van der Waals surface area contributed by atoms with E-state index in [4.69, 9.17) is 9.95 Å². The number of nitrogens with zero attached hydrogens (tertiary/aromatic N) is 3. The Morgan fingerprint density at radius 1 is 1.00 bits per heavy atom. The van der Waals surface area contributed by atoms with Crippen molar-refractivity contribution in [1.82, 2.24) is 15.0 Å². The number of fused-ring (bicyclic) bond motifs is 5. The van der Waals surface area contributed by atoms with Crippen LogP contribution in [0.3, 0.4) is 0 Å². The number of carbonyl (C=O) groups excluding carboxylic acids is 2. The van der Waals surface area contributed by atoms with Crippen molar-refractivity contribution in [1.29, 1.82) is 0 Å². The lowest BCUT2D eigenvalue weighted by Crippen LogP contribution is -2.57. The lowest BCUT2D eigenvalue weighted by molar-refractivity contribution is -0.167. The third kappa shape index (κ3) is 3.71. The van der Waals surface area contributed by atoms with Gasteiger partial charge < -0.3 is 4.74 Å². The van der Waals surface area contributed by atoms with Gasteiger partial charge in [0.1, 0.15) is 11.9 Å². The molecule has 8 atom stereocenters. The number of esters is 1. The van der Waals surface area contributed by atoms with Crippen LogP contribution in [0.5, 0.6) is 0 Å². The molecule has 1 heterocycles. The third-order valence-electron chi connectivity index (χ3n) is 11.7. The molecule has 5 saturated carbocycles. The van der Waals surface area contributed by atoms with E-state index in [0.29, 0.717) is 41.8 Å². The Hall–Kier alpha value is -1.72. The summed E-state index contributed by atoms with van der Waals surface area (Å²) in [6.07, 6.45) is 16.7. The molecule has 0 unspecified atom stereocenters. The van der Waals surface area contributed by atoms with Crippen molar-refractivity contribution in [3.8, 4) is 0 Å². The maximum absolute atomic E-state index is 13.0. The van der Waals surface area contributed by atoms with Crippen molar-refractivity contribution in [2.24, 2.45) is 34.5 Å². The Kier molecular flexibility index (Phi) is 5.88. The lowest BCUT2D eigenvalue weighted by Gasteiger charge is -2.62. The highest BCUT2D eigenvalue weighted by Crippen LogP contribution is 2.68. The van der Waals surface area contributed by atoms with Gasteiger partial charge in [-0.05, 0) is 80.5 Å². The summed E-state index contributed by atoms with van der Waals surface area (Å²) >= 11 is 0. The van der Waals surface area contributed by atoms with E-state index in [1.165, 1.54) is 38.5 Å². The fraction of sp³-hybridized carbons (Fsp3) is 0.862. The molecule has 192 valence electrons. The molecule has 0 spiro atoms. The molecular weight excluding hydrogens is 438 g/mol. The zero-order chi connectivity index (χ0) is 24.4. The van der Waals surface area contributed by atoms with E-state index in [-0.39, 0.29) is 28.9 Å². The molecule has 1 aromatic rings. The second kappa shape index (κ2) is 8.69. The molecule has 6 nitrogen and oxygen atoms in total. The van der Waals surface area contributed by atoms with Gasteiger partial charge in [0.15, 0.2) is 0 Å². The van der Waals surface area contributed by atoms with Gasteiger partial charge >= 0.3 is 5.97 Å². The van der Waals surface area contributed by atoms with Gasteiger partial charge in [-0.15, -0.1) is 5.10 Å². The topological polar surface area (TPSA) is 74.1 Å². The highest BCUT2D eigenvalue weighted by molar-refractivity contribution is 5.80. The van der Waals surface area contributed by atoms with E-state index in [1.54, 1.807) is 6.92 Å². The van der Waals surface area contributed by atoms with Crippen LogP contribution < -0.4 is 0 Å². The standard InChI is InChI=1S/C29H43N3O3/c1-18(33)35-27-12-11-23-22-10-9-20-15-21(34)16-26(29(20,3)24(22)13-14-28(23,27)2)32-17-25(30-31-32)19-7-5-4-6-8-19/h17,19-20,22-24,26-27H,4-16H2,1-3H3/t20-,22-,23-,24-,26-,27-,28-,29-/m0/s1. The smallest absolute Gasteiger partial charge is 0.302 e. The van der Waals surface area contributed by atoms with E-state index in [1.807, 2.05) is 0 Å². The maximum Gasteiger partial charge on any atom is 0.302 e. The Balaban J connectivity index is 1.31. The number of carbonyl (C=O) groups is 2. The summed E-state index contributed by atoms with van der Waals surface area (Å²) in [7, 11) is 0. The van der Waals surface area contributed by atoms with E-state index in [9.17, 15) is 9.59 Å². The van der Waals surface area contributed by atoms with Gasteiger partial charge in [0.05, 0.1) is 11.7 Å². The maximum atomic E-state index is 13.0. The van der Waals surface area contributed by atoms with E-state index >= 15 is 0 Å². The molecule has 1 aromatic heterocycles. The monoisotopic (exact) mass is 481 g/mol. The lowest BCUT2D eigenvalue weighted by atomic mass is 9.44. The van der Waals surface area contributed by atoms with Crippen molar-refractivity contribution in [2.45, 2.75) is 122 Å². The second-order valence-electron chi connectivity index (χ2n) is 13.2. The molecule has 0 radical (unpaired) electrons. The van der Waals surface area contributed by atoms with E-state index in [2.05, 4.69) is 29.8 Å². The van der Waals surface area contributed by atoms with Gasteiger partial charge in [-0.1, -0.05) is 38.3 Å². The Morgan fingerprint density at radius 2 is 1.80 bits per heavy atom. The number of hydrogen-bond acceptors (Lipinski definition) is 5. The largest absolute Gasteiger partial charge is 0.462 e. The quantitative estimate of drug-likeness (QED) is 0.494. The van der Waals surface area contributed by atoms with Gasteiger partial charge in [-0.3, -0.25) is 9.59 Å². The first kappa shape index (κ1) is 23.7. The first-order valence-electron chi connectivity index (χ1n) is 14.4. The van der Waals surface area contributed by atoms with Crippen molar-refractivity contribution in [2.75, 3.05) is 0 Å². The number of ketones is 1. The van der Waals surface area contributed by atoms with Crippen LogP contribution >= 0.6 is 0 Å². The predicted octanol–water partition coefficient (Wildman–Crippen LogP) is 6.02. The molecule has 0 amide bonds.